The lowest BCUT2D eigenvalue weighted by Gasteiger charge is -1.98. The zero-order valence-corrected chi connectivity index (χ0v) is 6.14. The van der Waals surface area contributed by atoms with E-state index in [0.29, 0.717) is 0 Å². The van der Waals surface area contributed by atoms with Gasteiger partial charge in [-0.1, -0.05) is 11.6 Å². The molecule has 1 aromatic rings. The van der Waals surface area contributed by atoms with E-state index < -0.39 is 6.17 Å². The van der Waals surface area contributed by atoms with E-state index in [4.69, 9.17) is 11.6 Å². The van der Waals surface area contributed by atoms with Crippen LogP contribution in [0.1, 0.15) is 18.8 Å². The summed E-state index contributed by atoms with van der Waals surface area (Å²) < 4.78 is 12.5. The zero-order valence-electron chi connectivity index (χ0n) is 5.38. The van der Waals surface area contributed by atoms with Crippen LogP contribution in [-0.2, 0) is 0 Å². The Hall–Kier alpha value is -0.700. The molecule has 0 aliphatic heterocycles. The molecular weight excluding hydrogens is 155 g/mol. The Balaban J connectivity index is 2.96. The Morgan fingerprint density at radius 1 is 1.60 bits per heavy atom. The first-order chi connectivity index (χ1) is 4.70. The van der Waals surface area contributed by atoms with E-state index in [-0.39, 0.29) is 10.8 Å². The Labute approximate surface area is 63.1 Å². The van der Waals surface area contributed by atoms with Crippen molar-refractivity contribution in [2.24, 2.45) is 0 Å². The molecule has 0 aliphatic carbocycles. The molecule has 54 valence electrons. The molecule has 1 aromatic heterocycles. The van der Waals surface area contributed by atoms with E-state index in [0.717, 1.165) is 0 Å². The topological polar surface area (TPSA) is 25.8 Å². The third kappa shape index (κ3) is 1.64. The Morgan fingerprint density at radius 2 is 2.30 bits per heavy atom. The summed E-state index contributed by atoms with van der Waals surface area (Å²) in [6.45, 7) is 1.39. The third-order valence-corrected chi connectivity index (χ3v) is 1.21. The van der Waals surface area contributed by atoms with Gasteiger partial charge in [-0.15, -0.1) is 0 Å². The number of aromatic nitrogens is 2. The van der Waals surface area contributed by atoms with Crippen molar-refractivity contribution in [1.29, 1.82) is 0 Å². The van der Waals surface area contributed by atoms with Crippen molar-refractivity contribution in [3.05, 3.63) is 23.2 Å². The summed E-state index contributed by atoms with van der Waals surface area (Å²) in [5.74, 6) is 0. The van der Waals surface area contributed by atoms with Gasteiger partial charge in [-0.05, 0) is 6.92 Å². The van der Waals surface area contributed by atoms with Crippen LogP contribution in [0, 0.1) is 0 Å². The average molecular weight is 161 g/mol. The van der Waals surface area contributed by atoms with Crippen LogP contribution in [-0.4, -0.2) is 9.97 Å². The normalized spacial score (nSPS) is 13.1. The number of hydrogen-bond donors (Lipinski definition) is 0. The standard InChI is InChI=1S/C6H6ClFN2/c1-4(8)5-2-9-3-6(7)10-5/h2-4H,1H3. The molecular formula is C6H6ClFN2. The molecule has 0 radical (unpaired) electrons. The van der Waals surface area contributed by atoms with Crippen LogP contribution in [0.2, 0.25) is 5.15 Å². The van der Waals surface area contributed by atoms with Crippen LogP contribution < -0.4 is 0 Å². The van der Waals surface area contributed by atoms with E-state index >= 15 is 0 Å². The molecule has 2 nitrogen and oxygen atoms in total. The summed E-state index contributed by atoms with van der Waals surface area (Å²) in [6, 6.07) is 0. The maximum absolute atomic E-state index is 12.5. The first-order valence-corrected chi connectivity index (χ1v) is 3.19. The fraction of sp³-hybridized carbons (Fsp3) is 0.333. The molecule has 0 fully saturated rings. The maximum atomic E-state index is 12.5. The molecule has 10 heavy (non-hydrogen) atoms. The summed E-state index contributed by atoms with van der Waals surface area (Å²) in [7, 11) is 0. The second-order valence-corrected chi connectivity index (χ2v) is 2.27. The lowest BCUT2D eigenvalue weighted by Crippen LogP contribution is -1.91. The van der Waals surface area contributed by atoms with Crippen LogP contribution in [0.25, 0.3) is 0 Å². The summed E-state index contributed by atoms with van der Waals surface area (Å²) in [6.07, 6.45) is 1.62. The molecule has 0 aromatic carbocycles. The first-order valence-electron chi connectivity index (χ1n) is 2.81. The number of nitrogens with zero attached hydrogens (tertiary/aromatic N) is 2. The summed E-state index contributed by atoms with van der Waals surface area (Å²) >= 11 is 5.45. The van der Waals surface area contributed by atoms with Gasteiger partial charge in [-0.2, -0.15) is 0 Å². The Bertz CT molecular complexity index is 227. The molecule has 0 aliphatic rings. The van der Waals surface area contributed by atoms with Gasteiger partial charge in [-0.25, -0.2) is 9.37 Å². The van der Waals surface area contributed by atoms with Gasteiger partial charge < -0.3 is 0 Å². The van der Waals surface area contributed by atoms with Crippen LogP contribution in [0.15, 0.2) is 12.4 Å². The van der Waals surface area contributed by atoms with Crippen LogP contribution in [0.4, 0.5) is 4.39 Å². The van der Waals surface area contributed by atoms with Crippen molar-refractivity contribution in [3.63, 3.8) is 0 Å². The molecule has 0 spiro atoms. The van der Waals surface area contributed by atoms with E-state index in [2.05, 4.69) is 9.97 Å². The maximum Gasteiger partial charge on any atom is 0.147 e. The summed E-state index contributed by atoms with van der Waals surface area (Å²) in [5, 5.41) is 0.224. The van der Waals surface area contributed by atoms with Crippen molar-refractivity contribution >= 4 is 11.6 Å². The highest BCUT2D eigenvalue weighted by Crippen LogP contribution is 2.13. The van der Waals surface area contributed by atoms with E-state index in [1.807, 2.05) is 0 Å². The second kappa shape index (κ2) is 2.92. The minimum absolute atomic E-state index is 0.224. The van der Waals surface area contributed by atoms with Crippen molar-refractivity contribution < 1.29 is 4.39 Å². The van der Waals surface area contributed by atoms with Crippen LogP contribution in [0.5, 0.6) is 0 Å². The van der Waals surface area contributed by atoms with Crippen molar-refractivity contribution in [2.45, 2.75) is 13.1 Å². The number of rotatable bonds is 1. The molecule has 1 unspecified atom stereocenters. The summed E-state index contributed by atoms with van der Waals surface area (Å²) in [4.78, 5) is 7.37. The second-order valence-electron chi connectivity index (χ2n) is 1.88. The van der Waals surface area contributed by atoms with Gasteiger partial charge in [0.2, 0.25) is 0 Å². The Morgan fingerprint density at radius 3 is 2.70 bits per heavy atom. The monoisotopic (exact) mass is 160 g/mol. The van der Waals surface area contributed by atoms with Gasteiger partial charge in [0, 0.05) is 0 Å². The highest BCUT2D eigenvalue weighted by molar-refractivity contribution is 6.29. The molecule has 4 heteroatoms. The zero-order chi connectivity index (χ0) is 7.56. The van der Waals surface area contributed by atoms with Gasteiger partial charge in [-0.3, -0.25) is 4.98 Å². The number of hydrogen-bond acceptors (Lipinski definition) is 2. The summed E-state index contributed by atoms with van der Waals surface area (Å²) in [5.41, 5.74) is 0.271. The molecule has 0 saturated carbocycles. The van der Waals surface area contributed by atoms with Crippen molar-refractivity contribution in [1.82, 2.24) is 9.97 Å². The van der Waals surface area contributed by atoms with E-state index in [1.165, 1.54) is 19.3 Å². The molecule has 1 rings (SSSR count). The molecule has 0 N–H and O–H groups in total. The van der Waals surface area contributed by atoms with Crippen molar-refractivity contribution in [2.75, 3.05) is 0 Å². The predicted octanol–water partition coefficient (Wildman–Crippen LogP) is 2.16. The quantitative estimate of drug-likeness (QED) is 0.629. The van der Waals surface area contributed by atoms with E-state index in [9.17, 15) is 4.39 Å². The lowest BCUT2D eigenvalue weighted by molar-refractivity contribution is 0.365. The largest absolute Gasteiger partial charge is 0.259 e. The van der Waals surface area contributed by atoms with Crippen LogP contribution >= 0.6 is 11.6 Å². The average Bonchev–Trinajstić information content (AvgIpc) is 1.88. The lowest BCUT2D eigenvalue weighted by atomic mass is 10.3. The van der Waals surface area contributed by atoms with Gasteiger partial charge >= 0.3 is 0 Å². The van der Waals surface area contributed by atoms with Gasteiger partial charge in [0.25, 0.3) is 0 Å². The third-order valence-electron chi connectivity index (χ3n) is 1.03. The fourth-order valence-corrected chi connectivity index (χ4v) is 0.702. The van der Waals surface area contributed by atoms with E-state index in [1.54, 1.807) is 0 Å². The SMILES string of the molecule is CC(F)c1cncc(Cl)n1. The van der Waals surface area contributed by atoms with Crippen LogP contribution in [0.3, 0.4) is 0 Å². The molecule has 1 heterocycles. The van der Waals surface area contributed by atoms with Gasteiger partial charge in [0.05, 0.1) is 18.1 Å². The highest BCUT2D eigenvalue weighted by atomic mass is 35.5. The fourth-order valence-electron chi connectivity index (χ4n) is 0.548. The Kier molecular flexibility index (Phi) is 2.17. The first kappa shape index (κ1) is 7.41. The molecule has 0 saturated heterocycles. The predicted molar refractivity (Wildman–Crippen MR) is 36.6 cm³/mol. The molecule has 1 atom stereocenters. The number of alkyl halides is 1. The molecule has 0 bridgehead atoms. The highest BCUT2D eigenvalue weighted by Gasteiger charge is 2.03. The molecule has 0 amide bonds. The van der Waals surface area contributed by atoms with Crippen molar-refractivity contribution in [3.8, 4) is 0 Å². The number of halogens is 2. The van der Waals surface area contributed by atoms with Gasteiger partial charge in [0.15, 0.2) is 0 Å². The minimum Gasteiger partial charge on any atom is -0.259 e. The minimum atomic E-state index is -1.11. The smallest absolute Gasteiger partial charge is 0.147 e. The van der Waals surface area contributed by atoms with Gasteiger partial charge in [0.1, 0.15) is 11.3 Å².